The Labute approximate surface area is 127 Å². The van der Waals surface area contributed by atoms with Gasteiger partial charge in [-0.3, -0.25) is 4.68 Å². The number of aryl methyl sites for hydroxylation is 2. The summed E-state index contributed by atoms with van der Waals surface area (Å²) in [5.41, 5.74) is 3.08. The fraction of sp³-hybridized carbons (Fsp3) is 0.267. The second kappa shape index (κ2) is 5.46. The SMILES string of the molecule is CCc1nn(C)c(CNc2ccc3sccc3c2)c1Cl. The largest absolute Gasteiger partial charge is 0.379 e. The van der Waals surface area contributed by atoms with E-state index < -0.39 is 0 Å². The zero-order valence-electron chi connectivity index (χ0n) is 11.5. The Morgan fingerprint density at radius 1 is 1.35 bits per heavy atom. The molecule has 2 aromatic heterocycles. The van der Waals surface area contributed by atoms with E-state index in [1.165, 1.54) is 10.1 Å². The standard InChI is InChI=1S/C15H16ClN3S/c1-3-12-15(16)13(19(2)18-12)9-17-11-4-5-14-10(8-11)6-7-20-14/h4-8,17H,3,9H2,1-2H3. The lowest BCUT2D eigenvalue weighted by Gasteiger charge is -2.07. The van der Waals surface area contributed by atoms with Crippen molar-refractivity contribution in [3.05, 3.63) is 46.1 Å². The lowest BCUT2D eigenvalue weighted by atomic mass is 10.2. The first kappa shape index (κ1) is 13.5. The summed E-state index contributed by atoms with van der Waals surface area (Å²) >= 11 is 8.11. The first-order valence-electron chi connectivity index (χ1n) is 6.60. The molecule has 0 spiro atoms. The van der Waals surface area contributed by atoms with Gasteiger partial charge < -0.3 is 5.32 Å². The summed E-state index contributed by atoms with van der Waals surface area (Å²) in [4.78, 5) is 0. The lowest BCUT2D eigenvalue weighted by molar-refractivity contribution is 0.707. The third kappa shape index (κ3) is 2.41. The van der Waals surface area contributed by atoms with Crippen molar-refractivity contribution in [2.45, 2.75) is 19.9 Å². The van der Waals surface area contributed by atoms with Crippen LogP contribution in [0.4, 0.5) is 5.69 Å². The second-order valence-electron chi connectivity index (χ2n) is 4.71. The number of rotatable bonds is 4. The van der Waals surface area contributed by atoms with Gasteiger partial charge >= 0.3 is 0 Å². The summed E-state index contributed by atoms with van der Waals surface area (Å²) in [6, 6.07) is 8.54. The Bertz CT molecular complexity index is 745. The molecule has 0 radical (unpaired) electrons. The van der Waals surface area contributed by atoms with E-state index in [1.54, 1.807) is 11.3 Å². The molecular weight excluding hydrogens is 290 g/mol. The van der Waals surface area contributed by atoms with Gasteiger partial charge in [0, 0.05) is 17.4 Å². The van der Waals surface area contributed by atoms with Gasteiger partial charge in [-0.1, -0.05) is 18.5 Å². The Kier molecular flexibility index (Phi) is 3.68. The van der Waals surface area contributed by atoms with E-state index in [4.69, 9.17) is 11.6 Å². The third-order valence-corrected chi connectivity index (χ3v) is 4.75. The first-order chi connectivity index (χ1) is 9.69. The van der Waals surface area contributed by atoms with Crippen molar-refractivity contribution in [3.8, 4) is 0 Å². The molecule has 0 fully saturated rings. The summed E-state index contributed by atoms with van der Waals surface area (Å²) in [7, 11) is 1.93. The van der Waals surface area contributed by atoms with Crippen molar-refractivity contribution in [2.24, 2.45) is 7.05 Å². The van der Waals surface area contributed by atoms with Gasteiger partial charge in [0.1, 0.15) is 0 Å². The van der Waals surface area contributed by atoms with E-state index in [2.05, 4.69) is 47.0 Å². The van der Waals surface area contributed by atoms with Crippen LogP contribution >= 0.6 is 22.9 Å². The molecule has 0 aliphatic heterocycles. The number of hydrogen-bond donors (Lipinski definition) is 1. The minimum Gasteiger partial charge on any atom is -0.379 e. The maximum atomic E-state index is 6.35. The molecule has 2 heterocycles. The molecule has 104 valence electrons. The van der Waals surface area contributed by atoms with Gasteiger partial charge in [0.05, 0.1) is 23.0 Å². The maximum Gasteiger partial charge on any atom is 0.0868 e. The first-order valence-corrected chi connectivity index (χ1v) is 7.86. The zero-order chi connectivity index (χ0) is 14.1. The van der Waals surface area contributed by atoms with Crippen LogP contribution in [0.15, 0.2) is 29.6 Å². The van der Waals surface area contributed by atoms with Crippen molar-refractivity contribution in [3.63, 3.8) is 0 Å². The molecule has 1 aromatic carbocycles. The van der Waals surface area contributed by atoms with E-state index in [1.807, 2.05) is 11.7 Å². The van der Waals surface area contributed by atoms with E-state index in [9.17, 15) is 0 Å². The predicted octanol–water partition coefficient (Wildman–Crippen LogP) is 4.46. The van der Waals surface area contributed by atoms with E-state index >= 15 is 0 Å². The van der Waals surface area contributed by atoms with Crippen LogP contribution in [-0.2, 0) is 20.0 Å². The van der Waals surface area contributed by atoms with Crippen molar-refractivity contribution >= 4 is 38.7 Å². The minimum absolute atomic E-state index is 0.679. The molecule has 3 rings (SSSR count). The van der Waals surface area contributed by atoms with Gasteiger partial charge in [-0.25, -0.2) is 0 Å². The second-order valence-corrected chi connectivity index (χ2v) is 6.04. The molecular formula is C15H16ClN3S. The Hall–Kier alpha value is -1.52. The highest BCUT2D eigenvalue weighted by atomic mass is 35.5. The van der Waals surface area contributed by atoms with Crippen molar-refractivity contribution in [1.82, 2.24) is 9.78 Å². The quantitative estimate of drug-likeness (QED) is 0.771. The lowest BCUT2D eigenvalue weighted by Crippen LogP contribution is -2.05. The van der Waals surface area contributed by atoms with Crippen LogP contribution in [-0.4, -0.2) is 9.78 Å². The van der Waals surface area contributed by atoms with Crippen LogP contribution < -0.4 is 5.32 Å². The molecule has 1 N–H and O–H groups in total. The number of anilines is 1. The van der Waals surface area contributed by atoms with Crippen LogP contribution in [0.1, 0.15) is 18.3 Å². The van der Waals surface area contributed by atoms with E-state index in [0.717, 1.165) is 28.5 Å². The summed E-state index contributed by atoms with van der Waals surface area (Å²) in [5, 5.41) is 12.0. The molecule has 0 atom stereocenters. The van der Waals surface area contributed by atoms with Gasteiger partial charge in [-0.05, 0) is 41.5 Å². The average Bonchev–Trinajstić information content (AvgIpc) is 3.01. The molecule has 5 heteroatoms. The van der Waals surface area contributed by atoms with Crippen LogP contribution in [0.3, 0.4) is 0 Å². The Morgan fingerprint density at radius 2 is 2.20 bits per heavy atom. The fourth-order valence-electron chi connectivity index (χ4n) is 2.27. The van der Waals surface area contributed by atoms with Gasteiger partial charge in [-0.15, -0.1) is 11.3 Å². The van der Waals surface area contributed by atoms with Gasteiger partial charge in [0.2, 0.25) is 0 Å². The van der Waals surface area contributed by atoms with Crippen LogP contribution in [0, 0.1) is 0 Å². The Morgan fingerprint density at radius 3 is 2.95 bits per heavy atom. The molecule has 3 nitrogen and oxygen atoms in total. The van der Waals surface area contributed by atoms with Gasteiger partial charge in [0.15, 0.2) is 0 Å². The van der Waals surface area contributed by atoms with Crippen LogP contribution in [0.25, 0.3) is 10.1 Å². The summed E-state index contributed by atoms with van der Waals surface area (Å²) in [6.07, 6.45) is 0.855. The molecule has 0 aliphatic carbocycles. The normalized spacial score (nSPS) is 11.2. The molecule has 0 saturated carbocycles. The molecule has 0 unspecified atom stereocenters. The Balaban J connectivity index is 1.80. The summed E-state index contributed by atoms with van der Waals surface area (Å²) in [5.74, 6) is 0. The van der Waals surface area contributed by atoms with E-state index in [0.29, 0.717) is 6.54 Å². The highest BCUT2D eigenvalue weighted by Gasteiger charge is 2.12. The molecule has 3 aromatic rings. The highest BCUT2D eigenvalue weighted by Crippen LogP contribution is 2.25. The number of hydrogen-bond acceptors (Lipinski definition) is 3. The maximum absolute atomic E-state index is 6.35. The predicted molar refractivity (Wildman–Crippen MR) is 86.7 cm³/mol. The number of fused-ring (bicyclic) bond motifs is 1. The number of aromatic nitrogens is 2. The molecule has 0 bridgehead atoms. The monoisotopic (exact) mass is 305 g/mol. The number of halogens is 1. The van der Waals surface area contributed by atoms with Crippen LogP contribution in [0.2, 0.25) is 5.02 Å². The smallest absolute Gasteiger partial charge is 0.0868 e. The molecule has 0 amide bonds. The van der Waals surface area contributed by atoms with Gasteiger partial charge in [-0.2, -0.15) is 5.10 Å². The number of benzene rings is 1. The molecule has 20 heavy (non-hydrogen) atoms. The average molecular weight is 306 g/mol. The van der Waals surface area contributed by atoms with Crippen molar-refractivity contribution < 1.29 is 0 Å². The number of nitrogens with zero attached hydrogens (tertiary/aromatic N) is 2. The third-order valence-electron chi connectivity index (χ3n) is 3.42. The van der Waals surface area contributed by atoms with Gasteiger partial charge in [0.25, 0.3) is 0 Å². The topological polar surface area (TPSA) is 29.9 Å². The molecule has 0 aliphatic rings. The van der Waals surface area contributed by atoms with Crippen molar-refractivity contribution in [1.29, 1.82) is 0 Å². The summed E-state index contributed by atoms with van der Waals surface area (Å²) in [6.45, 7) is 2.74. The number of thiophene rings is 1. The van der Waals surface area contributed by atoms with Crippen LogP contribution in [0.5, 0.6) is 0 Å². The molecule has 0 saturated heterocycles. The number of nitrogens with one attached hydrogen (secondary N) is 1. The summed E-state index contributed by atoms with van der Waals surface area (Å²) < 4.78 is 3.17. The van der Waals surface area contributed by atoms with Crippen molar-refractivity contribution in [2.75, 3.05) is 5.32 Å². The minimum atomic E-state index is 0.679. The zero-order valence-corrected chi connectivity index (χ0v) is 13.1. The highest BCUT2D eigenvalue weighted by molar-refractivity contribution is 7.17. The fourth-order valence-corrected chi connectivity index (χ4v) is 3.41. The van der Waals surface area contributed by atoms with E-state index in [-0.39, 0.29) is 0 Å².